The fraction of sp³-hybridized carbons (Fsp3) is 0.238. The summed E-state index contributed by atoms with van der Waals surface area (Å²) in [4.78, 5) is 16.1. The van der Waals surface area contributed by atoms with Crippen molar-refractivity contribution in [2.24, 2.45) is 0 Å². The largest absolute Gasteiger partial charge is 0.495 e. The van der Waals surface area contributed by atoms with Crippen molar-refractivity contribution in [1.82, 2.24) is 4.98 Å². The van der Waals surface area contributed by atoms with E-state index in [-0.39, 0.29) is 10.8 Å². The molecular formula is C21H21N3O4S2. The quantitative estimate of drug-likeness (QED) is 0.647. The molecule has 2 aromatic carbocycles. The number of fused-ring (bicyclic) bond motifs is 1. The van der Waals surface area contributed by atoms with Crippen molar-refractivity contribution in [3.8, 4) is 17.0 Å². The average Bonchev–Trinajstić information content (AvgIpc) is 3.33. The summed E-state index contributed by atoms with van der Waals surface area (Å²) in [5.41, 5.74) is 3.84. The Morgan fingerprint density at radius 1 is 1.23 bits per heavy atom. The van der Waals surface area contributed by atoms with Crippen LogP contribution >= 0.6 is 11.3 Å². The summed E-state index contributed by atoms with van der Waals surface area (Å²) in [6, 6.07) is 10.2. The van der Waals surface area contributed by atoms with Crippen LogP contribution < -0.4 is 14.4 Å². The number of hydrogen-bond donors (Lipinski definition) is 1. The summed E-state index contributed by atoms with van der Waals surface area (Å²) in [6.45, 7) is 3.68. The van der Waals surface area contributed by atoms with Crippen molar-refractivity contribution in [3.63, 3.8) is 0 Å². The molecular weight excluding hydrogens is 422 g/mol. The molecule has 0 atom stereocenters. The normalized spacial score (nSPS) is 13.2. The molecule has 0 bridgehead atoms. The van der Waals surface area contributed by atoms with Gasteiger partial charge < -0.3 is 10.1 Å². The number of carbonyl (C=O) groups is 1. The van der Waals surface area contributed by atoms with Crippen LogP contribution in [0.25, 0.3) is 11.3 Å². The van der Waals surface area contributed by atoms with Gasteiger partial charge in [0.05, 0.1) is 34.1 Å². The number of benzene rings is 2. The molecule has 0 saturated heterocycles. The molecule has 0 aliphatic carbocycles. The van der Waals surface area contributed by atoms with Crippen LogP contribution in [-0.2, 0) is 21.2 Å². The molecule has 0 spiro atoms. The first-order chi connectivity index (χ1) is 14.3. The molecule has 0 unspecified atom stereocenters. The lowest BCUT2D eigenvalue weighted by Gasteiger charge is -2.21. The highest BCUT2D eigenvalue weighted by Crippen LogP contribution is 2.37. The number of carbonyl (C=O) groups excluding carboxylic acids is 1. The third-order valence-corrected chi connectivity index (χ3v) is 7.50. The Labute approximate surface area is 179 Å². The Kier molecular flexibility index (Phi) is 5.25. The van der Waals surface area contributed by atoms with Crippen LogP contribution in [0.2, 0.25) is 0 Å². The summed E-state index contributed by atoms with van der Waals surface area (Å²) in [5.74, 6) is 0.0911. The lowest BCUT2D eigenvalue weighted by molar-refractivity contribution is -0.114. The Hall–Kier alpha value is -2.91. The number of anilines is 2. The first-order valence-electron chi connectivity index (χ1n) is 9.33. The van der Waals surface area contributed by atoms with Gasteiger partial charge >= 0.3 is 0 Å². The molecule has 3 aromatic rings. The molecule has 1 aliphatic heterocycles. The zero-order chi connectivity index (χ0) is 21.5. The second-order valence-corrected chi connectivity index (χ2v) is 9.89. The number of aryl methyl sites for hydroxylation is 1. The van der Waals surface area contributed by atoms with E-state index in [1.54, 1.807) is 17.4 Å². The maximum Gasteiger partial charge on any atom is 0.264 e. The van der Waals surface area contributed by atoms with Crippen molar-refractivity contribution in [2.75, 3.05) is 23.3 Å². The monoisotopic (exact) mass is 443 g/mol. The van der Waals surface area contributed by atoms with Crippen LogP contribution in [-0.4, -0.2) is 33.0 Å². The topological polar surface area (TPSA) is 88.6 Å². The molecule has 4 rings (SSSR count). The maximum absolute atomic E-state index is 13.4. The zero-order valence-electron chi connectivity index (χ0n) is 16.8. The van der Waals surface area contributed by atoms with Gasteiger partial charge in [-0.3, -0.25) is 9.10 Å². The molecule has 2 heterocycles. The van der Waals surface area contributed by atoms with Crippen molar-refractivity contribution in [1.29, 1.82) is 0 Å². The Morgan fingerprint density at radius 2 is 2.03 bits per heavy atom. The van der Waals surface area contributed by atoms with Crippen molar-refractivity contribution in [3.05, 3.63) is 52.3 Å². The minimum absolute atomic E-state index is 0.0964. The molecule has 156 valence electrons. The minimum Gasteiger partial charge on any atom is -0.495 e. The van der Waals surface area contributed by atoms with Gasteiger partial charge in [0.2, 0.25) is 5.91 Å². The van der Waals surface area contributed by atoms with Crippen LogP contribution in [0.1, 0.15) is 17.5 Å². The Morgan fingerprint density at radius 3 is 2.70 bits per heavy atom. The Bertz CT molecular complexity index is 1230. The van der Waals surface area contributed by atoms with E-state index in [4.69, 9.17) is 4.74 Å². The number of methoxy groups -OCH3 is 1. The van der Waals surface area contributed by atoms with Gasteiger partial charge in [-0.1, -0.05) is 6.07 Å². The highest BCUT2D eigenvalue weighted by Gasteiger charge is 2.31. The van der Waals surface area contributed by atoms with E-state index in [0.29, 0.717) is 30.1 Å². The van der Waals surface area contributed by atoms with E-state index in [1.165, 1.54) is 30.5 Å². The van der Waals surface area contributed by atoms with Crippen molar-refractivity contribution >= 4 is 38.6 Å². The minimum atomic E-state index is -3.80. The molecule has 0 fully saturated rings. The van der Waals surface area contributed by atoms with E-state index >= 15 is 0 Å². The van der Waals surface area contributed by atoms with E-state index in [2.05, 4.69) is 10.3 Å². The lowest BCUT2D eigenvalue weighted by atomic mass is 10.1. The summed E-state index contributed by atoms with van der Waals surface area (Å²) >= 11 is 1.59. The standard InChI is InChI=1S/C21H21N3O4S2/c1-13(25)22-18-11-17(5-7-21(18)28-3)30(26,27)24-9-8-16-10-15(4-6-20(16)24)19-12-29-14(2)23-19/h4-7,10-12H,8-9H2,1-3H3,(H,22,25). The van der Waals surface area contributed by atoms with Gasteiger partial charge in [-0.25, -0.2) is 13.4 Å². The molecule has 1 aliphatic rings. The average molecular weight is 444 g/mol. The number of rotatable bonds is 5. The Balaban J connectivity index is 1.69. The van der Waals surface area contributed by atoms with Crippen LogP contribution in [0.5, 0.6) is 5.75 Å². The van der Waals surface area contributed by atoms with Gasteiger partial charge in [-0.2, -0.15) is 0 Å². The first-order valence-corrected chi connectivity index (χ1v) is 11.7. The highest BCUT2D eigenvalue weighted by atomic mass is 32.2. The molecule has 1 amide bonds. The number of ether oxygens (including phenoxy) is 1. The van der Waals surface area contributed by atoms with Crippen molar-refractivity contribution < 1.29 is 17.9 Å². The third kappa shape index (κ3) is 3.66. The SMILES string of the molecule is COc1ccc(S(=O)(=O)N2CCc3cc(-c4csc(C)n4)ccc32)cc1NC(C)=O. The second kappa shape index (κ2) is 7.73. The van der Waals surface area contributed by atoms with E-state index in [9.17, 15) is 13.2 Å². The number of aromatic nitrogens is 1. The van der Waals surface area contributed by atoms with Gasteiger partial charge in [0.1, 0.15) is 5.75 Å². The lowest BCUT2D eigenvalue weighted by Crippen LogP contribution is -2.29. The van der Waals surface area contributed by atoms with Gasteiger partial charge in [0.25, 0.3) is 10.0 Å². The van der Waals surface area contributed by atoms with Gasteiger partial charge in [-0.05, 0) is 49.2 Å². The fourth-order valence-electron chi connectivity index (χ4n) is 3.54. The van der Waals surface area contributed by atoms with Crippen LogP contribution in [0.4, 0.5) is 11.4 Å². The molecule has 9 heteroatoms. The van der Waals surface area contributed by atoms with Crippen molar-refractivity contribution in [2.45, 2.75) is 25.2 Å². The van der Waals surface area contributed by atoms with E-state index in [0.717, 1.165) is 21.8 Å². The third-order valence-electron chi connectivity index (χ3n) is 4.92. The fourth-order valence-corrected chi connectivity index (χ4v) is 5.69. The number of sulfonamides is 1. The second-order valence-electron chi connectivity index (χ2n) is 6.97. The molecule has 0 saturated carbocycles. The molecule has 1 N–H and O–H groups in total. The molecule has 7 nitrogen and oxygen atoms in total. The molecule has 0 radical (unpaired) electrons. The first kappa shape index (κ1) is 20.4. The van der Waals surface area contributed by atoms with Gasteiger partial charge in [0.15, 0.2) is 0 Å². The molecule has 1 aromatic heterocycles. The van der Waals surface area contributed by atoms with E-state index < -0.39 is 10.0 Å². The van der Waals surface area contributed by atoms with E-state index in [1.807, 2.05) is 30.5 Å². The van der Waals surface area contributed by atoms with Gasteiger partial charge in [0, 0.05) is 24.4 Å². The smallest absolute Gasteiger partial charge is 0.264 e. The highest BCUT2D eigenvalue weighted by molar-refractivity contribution is 7.92. The summed E-state index contributed by atoms with van der Waals surface area (Å²) in [5, 5.41) is 5.61. The summed E-state index contributed by atoms with van der Waals surface area (Å²) in [6.07, 6.45) is 0.625. The predicted molar refractivity (Wildman–Crippen MR) is 118 cm³/mol. The van der Waals surface area contributed by atoms with Crippen LogP contribution in [0, 0.1) is 6.92 Å². The summed E-state index contributed by atoms with van der Waals surface area (Å²) in [7, 11) is -2.33. The summed E-state index contributed by atoms with van der Waals surface area (Å²) < 4.78 is 33.3. The number of hydrogen-bond acceptors (Lipinski definition) is 6. The van der Waals surface area contributed by atoms with Crippen LogP contribution in [0.15, 0.2) is 46.7 Å². The number of nitrogens with zero attached hydrogens (tertiary/aromatic N) is 2. The number of amides is 1. The molecule has 30 heavy (non-hydrogen) atoms. The number of thiazole rings is 1. The van der Waals surface area contributed by atoms with Gasteiger partial charge in [-0.15, -0.1) is 11.3 Å². The number of nitrogens with one attached hydrogen (secondary N) is 1. The maximum atomic E-state index is 13.4. The van der Waals surface area contributed by atoms with Crippen LogP contribution in [0.3, 0.4) is 0 Å². The zero-order valence-corrected chi connectivity index (χ0v) is 18.4. The predicted octanol–water partition coefficient (Wildman–Crippen LogP) is 3.84.